The van der Waals surface area contributed by atoms with E-state index in [4.69, 9.17) is 0 Å². The number of hydrogen-bond donors (Lipinski definition) is 1. The molecule has 0 aliphatic heterocycles. The maximum atomic E-state index is 13.0. The minimum absolute atomic E-state index is 0.0924. The molecule has 0 amide bonds. The molecule has 0 fully saturated rings. The number of carbonyl (C=O) groups excluding carboxylic acids is 3. The number of benzene rings is 2. The highest BCUT2D eigenvalue weighted by Crippen LogP contribution is 2.34. The van der Waals surface area contributed by atoms with E-state index in [0.29, 0.717) is 22.0 Å². The monoisotopic (exact) mass is 341 g/mol. The van der Waals surface area contributed by atoms with Crippen molar-refractivity contribution in [3.05, 3.63) is 92.3 Å². The second-order valence-corrected chi connectivity index (χ2v) is 6.42. The first-order valence-corrected chi connectivity index (χ1v) is 8.18. The molecule has 0 saturated carbocycles. The minimum atomic E-state index is -0.586. The number of fused-ring (bicyclic) bond motifs is 3. The van der Waals surface area contributed by atoms with Gasteiger partial charge in [0.1, 0.15) is 5.69 Å². The normalized spacial score (nSPS) is 15.8. The number of ketones is 3. The van der Waals surface area contributed by atoms with Gasteiger partial charge in [0.05, 0.1) is 11.1 Å². The zero-order chi connectivity index (χ0) is 18.0. The van der Waals surface area contributed by atoms with E-state index < -0.39 is 22.8 Å². The Kier molecular flexibility index (Phi) is 2.80. The molecule has 0 atom stereocenters. The number of allylic oxidation sites excluding steroid dienone is 2. The number of pyridine rings is 1. The van der Waals surface area contributed by atoms with Crippen LogP contribution in [0, 0.1) is 0 Å². The van der Waals surface area contributed by atoms with E-state index >= 15 is 0 Å². The third kappa shape index (κ3) is 1.74. The van der Waals surface area contributed by atoms with Gasteiger partial charge in [-0.15, -0.1) is 0 Å². The standard InChI is InChI=1S/C21H11NO4/c23-18-11-6-2-1-5-10(11)9-13-15(18)21(26)17-16(20(13)25)19(24)12-7-3-4-8-14(12)22-17/h1-8H,9H2,(H,22,24). The molecule has 5 rings (SSSR count). The fourth-order valence-corrected chi connectivity index (χ4v) is 3.78. The maximum absolute atomic E-state index is 13.0. The molecule has 2 aliphatic rings. The number of rotatable bonds is 0. The molecule has 0 spiro atoms. The number of para-hydroxylation sites is 1. The van der Waals surface area contributed by atoms with Crippen molar-refractivity contribution in [1.82, 2.24) is 4.98 Å². The second-order valence-electron chi connectivity index (χ2n) is 6.42. The molecule has 0 radical (unpaired) electrons. The van der Waals surface area contributed by atoms with Crippen LogP contribution in [-0.2, 0) is 6.42 Å². The lowest BCUT2D eigenvalue weighted by Crippen LogP contribution is -2.35. The van der Waals surface area contributed by atoms with Crippen LogP contribution in [0.3, 0.4) is 0 Å². The number of nitrogens with one attached hydrogen (secondary N) is 1. The van der Waals surface area contributed by atoms with Gasteiger partial charge in [-0.05, 0) is 17.7 Å². The van der Waals surface area contributed by atoms with Gasteiger partial charge < -0.3 is 4.98 Å². The van der Waals surface area contributed by atoms with E-state index in [1.54, 1.807) is 48.5 Å². The Morgan fingerprint density at radius 3 is 2.35 bits per heavy atom. The van der Waals surface area contributed by atoms with Crippen LogP contribution in [0.2, 0.25) is 0 Å². The fourth-order valence-electron chi connectivity index (χ4n) is 3.78. The van der Waals surface area contributed by atoms with Gasteiger partial charge in [-0.1, -0.05) is 36.4 Å². The molecule has 124 valence electrons. The van der Waals surface area contributed by atoms with Crippen LogP contribution >= 0.6 is 0 Å². The summed E-state index contributed by atoms with van der Waals surface area (Å²) in [6.07, 6.45) is 0.174. The first-order valence-electron chi connectivity index (χ1n) is 8.18. The highest BCUT2D eigenvalue weighted by Gasteiger charge is 2.41. The SMILES string of the molecule is O=C1C2=C(Cc3ccccc31)C(=O)c1c([nH]c3ccccc3c1=O)C2=O. The molecule has 2 aliphatic carbocycles. The lowest BCUT2D eigenvalue weighted by molar-refractivity contribution is 0.0918. The summed E-state index contributed by atoms with van der Waals surface area (Å²) < 4.78 is 0. The minimum Gasteiger partial charge on any atom is -0.351 e. The largest absolute Gasteiger partial charge is 0.351 e. The van der Waals surface area contributed by atoms with Crippen LogP contribution in [0.25, 0.3) is 10.9 Å². The van der Waals surface area contributed by atoms with Crippen molar-refractivity contribution >= 4 is 28.3 Å². The Labute approximate surface area is 147 Å². The van der Waals surface area contributed by atoms with Crippen LogP contribution in [-0.4, -0.2) is 22.3 Å². The third-order valence-electron chi connectivity index (χ3n) is 5.02. The molecule has 1 heterocycles. The molecule has 0 saturated heterocycles. The number of hydrogen-bond acceptors (Lipinski definition) is 4. The van der Waals surface area contributed by atoms with Gasteiger partial charge in [0.15, 0.2) is 11.6 Å². The fraction of sp³-hybridized carbons (Fsp3) is 0.0476. The Balaban J connectivity index is 1.82. The zero-order valence-electron chi connectivity index (χ0n) is 13.5. The second kappa shape index (κ2) is 4.95. The summed E-state index contributed by atoms with van der Waals surface area (Å²) in [7, 11) is 0. The smallest absolute Gasteiger partial charge is 0.214 e. The average Bonchev–Trinajstić information content (AvgIpc) is 2.66. The Morgan fingerprint density at radius 2 is 1.50 bits per heavy atom. The van der Waals surface area contributed by atoms with Crippen LogP contribution in [0.4, 0.5) is 0 Å². The van der Waals surface area contributed by atoms with Gasteiger partial charge >= 0.3 is 0 Å². The molecule has 1 aromatic heterocycles. The van der Waals surface area contributed by atoms with Gasteiger partial charge in [-0.2, -0.15) is 0 Å². The molecule has 1 N–H and O–H groups in total. The Hall–Kier alpha value is -3.60. The van der Waals surface area contributed by atoms with E-state index in [0.717, 1.165) is 0 Å². The van der Waals surface area contributed by atoms with Crippen molar-refractivity contribution in [3.63, 3.8) is 0 Å². The van der Waals surface area contributed by atoms with Crippen LogP contribution < -0.4 is 5.43 Å². The molecular formula is C21H11NO4. The first-order chi connectivity index (χ1) is 12.6. The van der Waals surface area contributed by atoms with Gasteiger partial charge in [-0.25, -0.2) is 0 Å². The summed E-state index contributed by atoms with van der Waals surface area (Å²) in [5.41, 5.74) is 0.844. The lowest BCUT2D eigenvalue weighted by Gasteiger charge is -2.25. The topological polar surface area (TPSA) is 84.1 Å². The highest BCUT2D eigenvalue weighted by atomic mass is 16.2. The zero-order valence-corrected chi connectivity index (χ0v) is 13.5. The summed E-state index contributed by atoms with van der Waals surface area (Å²) in [5, 5.41) is 0.346. The van der Waals surface area contributed by atoms with Crippen LogP contribution in [0.5, 0.6) is 0 Å². The van der Waals surface area contributed by atoms with Gasteiger partial charge in [0, 0.05) is 28.5 Å². The molecule has 0 unspecified atom stereocenters. The molecule has 26 heavy (non-hydrogen) atoms. The van der Waals surface area contributed by atoms with Crippen molar-refractivity contribution in [2.45, 2.75) is 6.42 Å². The number of aromatic amines is 1. The summed E-state index contributed by atoms with van der Waals surface area (Å²) in [6.45, 7) is 0. The molecule has 3 aromatic rings. The van der Waals surface area contributed by atoms with Gasteiger partial charge in [0.25, 0.3) is 0 Å². The number of Topliss-reactive ketones (excluding diaryl/α,β-unsaturated/α-hetero) is 3. The van der Waals surface area contributed by atoms with Crippen molar-refractivity contribution in [2.24, 2.45) is 0 Å². The molecule has 2 aromatic carbocycles. The molecule has 5 nitrogen and oxygen atoms in total. The first kappa shape index (κ1) is 14.7. The lowest BCUT2D eigenvalue weighted by atomic mass is 9.75. The van der Waals surface area contributed by atoms with E-state index in [1.165, 1.54) is 0 Å². The van der Waals surface area contributed by atoms with Crippen LogP contribution in [0.1, 0.15) is 36.8 Å². The molecular weight excluding hydrogens is 330 g/mol. The molecule has 0 bridgehead atoms. The van der Waals surface area contributed by atoms with Gasteiger partial charge in [-0.3, -0.25) is 19.2 Å². The quantitative estimate of drug-likeness (QED) is 0.637. The summed E-state index contributed by atoms with van der Waals surface area (Å²) in [6, 6.07) is 13.6. The van der Waals surface area contributed by atoms with E-state index in [9.17, 15) is 19.2 Å². The Bertz CT molecular complexity index is 1280. The van der Waals surface area contributed by atoms with Gasteiger partial charge in [0.2, 0.25) is 11.2 Å². The van der Waals surface area contributed by atoms with Crippen molar-refractivity contribution < 1.29 is 14.4 Å². The predicted octanol–water partition coefficient (Wildman–Crippen LogP) is 2.64. The molecule has 5 heteroatoms. The summed E-state index contributed by atoms with van der Waals surface area (Å²) in [4.78, 5) is 54.6. The van der Waals surface area contributed by atoms with E-state index in [2.05, 4.69) is 4.98 Å². The van der Waals surface area contributed by atoms with Crippen molar-refractivity contribution in [1.29, 1.82) is 0 Å². The average molecular weight is 341 g/mol. The Morgan fingerprint density at radius 1 is 0.769 bits per heavy atom. The predicted molar refractivity (Wildman–Crippen MR) is 94.7 cm³/mol. The summed E-state index contributed by atoms with van der Waals surface area (Å²) in [5.74, 6) is -1.58. The summed E-state index contributed by atoms with van der Waals surface area (Å²) >= 11 is 0. The van der Waals surface area contributed by atoms with Crippen molar-refractivity contribution in [2.75, 3.05) is 0 Å². The maximum Gasteiger partial charge on any atom is 0.214 e. The van der Waals surface area contributed by atoms with Crippen molar-refractivity contribution in [3.8, 4) is 0 Å². The van der Waals surface area contributed by atoms with E-state index in [-0.39, 0.29) is 28.8 Å². The number of H-pyrrole nitrogens is 1. The third-order valence-corrected chi connectivity index (χ3v) is 5.02. The van der Waals surface area contributed by atoms with E-state index in [1.807, 2.05) is 0 Å². The highest BCUT2D eigenvalue weighted by molar-refractivity contribution is 6.40. The number of carbonyl (C=O) groups is 3. The number of aromatic nitrogens is 1. The van der Waals surface area contributed by atoms with Crippen LogP contribution in [0.15, 0.2) is 64.5 Å².